The molecule has 0 aliphatic heterocycles. The maximum absolute atomic E-state index is 7.56. The Kier molecular flexibility index (Phi) is 14.3. The molecule has 0 unspecified atom stereocenters. The Bertz CT molecular complexity index is 454. The van der Waals surface area contributed by atoms with Gasteiger partial charge in [-0.1, -0.05) is 0 Å². The molecule has 6 N–H and O–H groups in total. The first kappa shape index (κ1) is 24.2. The second-order valence-electron chi connectivity index (χ2n) is 3.74. The largest absolute Gasteiger partial charge is 0.325 e. The molecule has 0 spiro atoms. The summed E-state index contributed by atoms with van der Waals surface area (Å²) in [7, 11) is 0. The summed E-state index contributed by atoms with van der Waals surface area (Å²) in [5, 5.41) is 0. The maximum atomic E-state index is 7.56. The molecule has 0 aliphatic rings. The van der Waals surface area contributed by atoms with Gasteiger partial charge in [0.25, 0.3) is 0 Å². The van der Waals surface area contributed by atoms with E-state index in [1.807, 2.05) is 0 Å². The van der Waals surface area contributed by atoms with Crippen LogP contribution < -0.4 is 3.95 Å². The van der Waals surface area contributed by atoms with Crippen molar-refractivity contribution >= 4 is 41.0 Å². The van der Waals surface area contributed by atoms with Gasteiger partial charge in [-0.2, -0.15) is 0 Å². The normalized spacial score (nSPS) is 10.8. The maximum Gasteiger partial charge on any atom is 0.319 e. The van der Waals surface area contributed by atoms with E-state index < -0.39 is 13.4 Å². The van der Waals surface area contributed by atoms with Crippen LogP contribution in [0, 0.1) is 0 Å². The Morgan fingerprint density at radius 1 is 0.952 bits per heavy atom. The zero-order valence-corrected chi connectivity index (χ0v) is 16.7. The van der Waals surface area contributed by atoms with Crippen molar-refractivity contribution in [2.24, 2.45) is 0 Å². The summed E-state index contributed by atoms with van der Waals surface area (Å²) < 4.78 is 1.44. The van der Waals surface area contributed by atoms with Crippen LogP contribution in [-0.4, -0.2) is 29.4 Å². The first-order valence-electron chi connectivity index (χ1n) is 5.66. The predicted molar refractivity (Wildman–Crippen MR) is 86.6 cm³/mol. The van der Waals surface area contributed by atoms with Crippen LogP contribution in [0.4, 0.5) is 0 Å². The summed E-state index contributed by atoms with van der Waals surface area (Å²) in [4.78, 5) is 45.3. The van der Waals surface area contributed by atoms with Crippen molar-refractivity contribution in [1.29, 1.82) is 0 Å². The van der Waals surface area contributed by atoms with Gasteiger partial charge < -0.3 is 29.4 Å². The topological polar surface area (TPSA) is 121 Å². The standard InChI is InChI=1S/C10H13.Mo.2H3O3PS/c1-2-3-7-10-8-5-4-6-9-10;;2*1-4(2,3)5/h4-6,8H,2-3,7H2,1H3;;2*(H3,1,2,3,5). The molecule has 0 aliphatic carbocycles. The number of rotatable bonds is 3. The van der Waals surface area contributed by atoms with Gasteiger partial charge in [-0.25, -0.2) is 0 Å². The monoisotopic (exact) mass is 459 g/mol. The summed E-state index contributed by atoms with van der Waals surface area (Å²) in [6.45, 7) is -5.38. The summed E-state index contributed by atoms with van der Waals surface area (Å²) in [6.07, 6.45) is 3.84. The van der Waals surface area contributed by atoms with E-state index in [2.05, 4.69) is 74.6 Å². The van der Waals surface area contributed by atoms with Crippen molar-refractivity contribution in [2.45, 2.75) is 26.2 Å². The second kappa shape index (κ2) is 12.4. The smallest absolute Gasteiger partial charge is 0.319 e. The number of unbranched alkanes of at least 4 members (excludes halogenated alkanes) is 1. The Hall–Kier alpha value is 0.968. The van der Waals surface area contributed by atoms with Crippen molar-refractivity contribution in [2.75, 3.05) is 0 Å². The van der Waals surface area contributed by atoms with Crippen LogP contribution >= 0.6 is 13.4 Å². The molecule has 0 bridgehead atoms. The Morgan fingerprint density at radius 2 is 1.33 bits per heavy atom. The van der Waals surface area contributed by atoms with Gasteiger partial charge in [0.2, 0.25) is 0 Å². The van der Waals surface area contributed by atoms with Crippen LogP contribution in [0.2, 0.25) is 0 Å². The van der Waals surface area contributed by atoms with Crippen LogP contribution in [0.3, 0.4) is 0 Å². The summed E-state index contributed by atoms with van der Waals surface area (Å²) in [5.74, 6) is 0. The molecular formula is C10H19MoO6P2S2. The molecule has 123 valence electrons. The number of hydrogen-bond donors (Lipinski definition) is 6. The average molecular weight is 457 g/mol. The van der Waals surface area contributed by atoms with E-state index in [9.17, 15) is 0 Å². The summed E-state index contributed by atoms with van der Waals surface area (Å²) in [5.41, 5.74) is 1.51. The third-order valence-corrected chi connectivity index (χ3v) is 2.75. The number of hydrogen-bond acceptors (Lipinski definition) is 2. The molecule has 21 heavy (non-hydrogen) atoms. The van der Waals surface area contributed by atoms with Crippen LogP contribution in [0.5, 0.6) is 0 Å². The van der Waals surface area contributed by atoms with Crippen molar-refractivity contribution in [3.63, 3.8) is 0 Å². The van der Waals surface area contributed by atoms with Crippen LogP contribution in [-0.2, 0) is 49.8 Å². The second-order valence-corrected chi connectivity index (χ2v) is 9.81. The molecule has 0 amide bonds. The molecule has 0 atom stereocenters. The Morgan fingerprint density at radius 3 is 1.67 bits per heavy atom. The fraction of sp³-hybridized carbons (Fsp3) is 0.400. The molecular weight excluding hydrogens is 438 g/mol. The minimum absolute atomic E-state index is 1.24. The molecule has 6 nitrogen and oxygen atoms in total. The first-order chi connectivity index (χ1) is 9.34. The van der Waals surface area contributed by atoms with Crippen molar-refractivity contribution < 1.29 is 49.2 Å². The molecule has 0 aromatic heterocycles. The van der Waals surface area contributed by atoms with Gasteiger partial charge in [-0.05, 0) is 23.6 Å². The quantitative estimate of drug-likeness (QED) is 0.288. The molecule has 0 radical (unpaired) electrons. The van der Waals surface area contributed by atoms with Gasteiger partial charge in [0.1, 0.15) is 0 Å². The van der Waals surface area contributed by atoms with E-state index >= 15 is 0 Å². The molecule has 1 rings (SSSR count). The molecule has 0 saturated heterocycles. The third kappa shape index (κ3) is 29.6. The van der Waals surface area contributed by atoms with E-state index in [1.165, 1.54) is 28.8 Å². The minimum atomic E-state index is -3.81. The van der Waals surface area contributed by atoms with Gasteiger partial charge in [0.05, 0.1) is 0 Å². The number of aryl methyl sites for hydroxylation is 1. The number of benzene rings is 1. The summed E-state index contributed by atoms with van der Waals surface area (Å²) in [6, 6.07) is 8.65. The fourth-order valence-corrected chi connectivity index (χ4v) is 1.69. The van der Waals surface area contributed by atoms with E-state index in [-0.39, 0.29) is 0 Å². The molecule has 1 aromatic carbocycles. The van der Waals surface area contributed by atoms with Gasteiger partial charge in [-0.15, -0.1) is 0 Å². The van der Waals surface area contributed by atoms with Crippen LogP contribution in [0.15, 0.2) is 24.3 Å². The first-order valence-corrected chi connectivity index (χ1v) is 12.0. The fourth-order valence-electron chi connectivity index (χ4n) is 1.08. The predicted octanol–water partition coefficient (Wildman–Crippen LogP) is 0.577. The van der Waals surface area contributed by atoms with E-state index in [4.69, 9.17) is 29.4 Å². The zero-order valence-electron chi connectivity index (χ0n) is 11.2. The van der Waals surface area contributed by atoms with Crippen molar-refractivity contribution in [1.82, 2.24) is 0 Å². The molecule has 0 fully saturated rings. The summed E-state index contributed by atoms with van der Waals surface area (Å²) >= 11 is 9.32. The SMILES string of the molecule is CCCCc1cccc[c]1[Mo].OP(O)(O)=S.OP(O)(O)=S. The van der Waals surface area contributed by atoms with Crippen LogP contribution in [0.25, 0.3) is 0 Å². The molecule has 0 saturated carbocycles. The Labute approximate surface area is 145 Å². The van der Waals surface area contributed by atoms with Gasteiger partial charge in [0.15, 0.2) is 0 Å². The zero-order chi connectivity index (χ0) is 17.1. The van der Waals surface area contributed by atoms with Crippen LogP contribution in [0.1, 0.15) is 25.3 Å². The van der Waals surface area contributed by atoms with Gasteiger partial charge in [-0.3, -0.25) is 0 Å². The van der Waals surface area contributed by atoms with Gasteiger partial charge >= 0.3 is 93.2 Å². The third-order valence-electron chi connectivity index (χ3n) is 1.77. The molecule has 1 aromatic rings. The minimum Gasteiger partial charge on any atom is -0.325 e. The van der Waals surface area contributed by atoms with E-state index in [0.29, 0.717) is 0 Å². The average Bonchev–Trinajstić information content (AvgIpc) is 2.23. The van der Waals surface area contributed by atoms with E-state index in [0.717, 1.165) is 0 Å². The van der Waals surface area contributed by atoms with Gasteiger partial charge in [0, 0.05) is 0 Å². The van der Waals surface area contributed by atoms with Crippen molar-refractivity contribution in [3.8, 4) is 0 Å². The van der Waals surface area contributed by atoms with Crippen molar-refractivity contribution in [3.05, 3.63) is 29.8 Å². The molecule has 0 heterocycles. The Balaban J connectivity index is 0. The molecule has 11 heteroatoms. The van der Waals surface area contributed by atoms with E-state index in [1.54, 1.807) is 0 Å².